The number of aliphatic hydroxyl groups excluding tert-OH is 1. The number of rotatable bonds is 6. The topological polar surface area (TPSA) is 98.2 Å². The molecule has 1 aromatic heterocycles. The molecule has 4 rings (SSSR count). The van der Waals surface area contributed by atoms with Crippen molar-refractivity contribution in [2.45, 2.75) is 38.8 Å². The van der Waals surface area contributed by atoms with Crippen molar-refractivity contribution in [1.29, 1.82) is 5.26 Å². The molecule has 2 heterocycles. The molecule has 0 aliphatic carbocycles. The molecule has 8 heteroatoms. The highest BCUT2D eigenvalue weighted by atomic mass is 35.5. The van der Waals surface area contributed by atoms with Crippen molar-refractivity contribution < 1.29 is 10.2 Å². The lowest BCUT2D eigenvalue weighted by Crippen LogP contribution is -2.47. The third kappa shape index (κ3) is 5.10. The summed E-state index contributed by atoms with van der Waals surface area (Å²) in [4.78, 5) is 2.28. The van der Waals surface area contributed by atoms with Crippen LogP contribution >= 0.6 is 11.6 Å². The number of piperidine rings is 1. The van der Waals surface area contributed by atoms with E-state index in [0.717, 1.165) is 48.3 Å². The molecule has 2 atom stereocenters. The lowest BCUT2D eigenvalue weighted by molar-refractivity contribution is -0.0697. The summed E-state index contributed by atoms with van der Waals surface area (Å²) in [5.41, 5.74) is 3.96. The molecule has 7 nitrogen and oxygen atoms in total. The summed E-state index contributed by atoms with van der Waals surface area (Å²) in [6.07, 6.45) is 3.74. The maximum atomic E-state index is 10.4. The Morgan fingerprint density at radius 2 is 2.09 bits per heavy atom. The van der Waals surface area contributed by atoms with Crippen LogP contribution in [-0.2, 0) is 6.54 Å². The molecule has 1 fully saturated rings. The Kier molecular flexibility index (Phi) is 6.82. The molecule has 172 valence electrons. The second kappa shape index (κ2) is 9.62. The third-order valence-electron chi connectivity index (χ3n) is 6.51. The Balaban J connectivity index is 1.49. The minimum Gasteiger partial charge on any atom is -0.393 e. The molecule has 2 aromatic carbocycles. The molecule has 2 N–H and O–H groups in total. The molecule has 0 unspecified atom stereocenters. The SMILES string of the molecule is Cc1cc(C#N)ccc1-n1cc(-c2ccc(CN3CCC[C@H]([C@](C)(O)CO)C3)c(Cl)c2)nn1. The predicted molar refractivity (Wildman–Crippen MR) is 127 cm³/mol. The quantitative estimate of drug-likeness (QED) is 0.575. The zero-order chi connectivity index (χ0) is 23.6. The molecule has 1 aliphatic heterocycles. The van der Waals surface area contributed by atoms with Gasteiger partial charge in [-0.25, -0.2) is 4.68 Å². The van der Waals surface area contributed by atoms with Crippen LogP contribution in [0.15, 0.2) is 42.6 Å². The van der Waals surface area contributed by atoms with Crippen LogP contribution in [0.1, 0.15) is 36.5 Å². The first-order valence-electron chi connectivity index (χ1n) is 11.1. The van der Waals surface area contributed by atoms with E-state index < -0.39 is 5.60 Å². The van der Waals surface area contributed by atoms with Gasteiger partial charge in [0, 0.05) is 29.6 Å². The molecule has 3 aromatic rings. The van der Waals surface area contributed by atoms with E-state index in [9.17, 15) is 10.2 Å². The van der Waals surface area contributed by atoms with Gasteiger partial charge in [0.15, 0.2) is 0 Å². The molecule has 0 saturated carbocycles. The number of aryl methyl sites for hydroxylation is 1. The monoisotopic (exact) mass is 465 g/mol. The Morgan fingerprint density at radius 3 is 2.79 bits per heavy atom. The number of nitrogens with zero attached hydrogens (tertiary/aromatic N) is 5. The summed E-state index contributed by atoms with van der Waals surface area (Å²) >= 11 is 6.63. The van der Waals surface area contributed by atoms with E-state index in [1.165, 1.54) is 0 Å². The van der Waals surface area contributed by atoms with Crippen molar-refractivity contribution in [3.63, 3.8) is 0 Å². The zero-order valence-corrected chi connectivity index (χ0v) is 19.6. The fraction of sp³-hybridized carbons (Fsp3) is 0.400. The molecular formula is C25H28ClN5O2. The fourth-order valence-electron chi connectivity index (χ4n) is 4.41. The van der Waals surface area contributed by atoms with Crippen molar-refractivity contribution in [2.75, 3.05) is 19.7 Å². The Labute approximate surface area is 198 Å². The van der Waals surface area contributed by atoms with Crippen LogP contribution in [0.2, 0.25) is 5.02 Å². The number of benzene rings is 2. The molecule has 1 aliphatic rings. The number of halogens is 1. The van der Waals surface area contributed by atoms with Crippen molar-refractivity contribution in [2.24, 2.45) is 5.92 Å². The Morgan fingerprint density at radius 1 is 1.27 bits per heavy atom. The lowest BCUT2D eigenvalue weighted by atomic mass is 9.83. The van der Waals surface area contributed by atoms with Gasteiger partial charge in [0.1, 0.15) is 5.69 Å². The highest BCUT2D eigenvalue weighted by Crippen LogP contribution is 2.30. The normalized spacial score (nSPS) is 18.6. The summed E-state index contributed by atoms with van der Waals surface area (Å²) in [5.74, 6) is 0.0371. The van der Waals surface area contributed by atoms with Gasteiger partial charge in [-0.3, -0.25) is 4.90 Å². The minimum absolute atomic E-state index is 0.0371. The second-order valence-electron chi connectivity index (χ2n) is 9.06. The van der Waals surface area contributed by atoms with Crippen LogP contribution in [-0.4, -0.2) is 55.4 Å². The van der Waals surface area contributed by atoms with E-state index in [1.54, 1.807) is 17.7 Å². The van der Waals surface area contributed by atoms with E-state index in [0.29, 0.717) is 22.8 Å². The van der Waals surface area contributed by atoms with E-state index in [4.69, 9.17) is 16.9 Å². The number of nitriles is 1. The first-order chi connectivity index (χ1) is 15.8. The zero-order valence-electron chi connectivity index (χ0n) is 18.9. The first kappa shape index (κ1) is 23.4. The molecular weight excluding hydrogens is 438 g/mol. The molecule has 0 amide bonds. The minimum atomic E-state index is -1.06. The van der Waals surface area contributed by atoms with Crippen molar-refractivity contribution in [1.82, 2.24) is 19.9 Å². The molecule has 0 radical (unpaired) electrons. The lowest BCUT2D eigenvalue weighted by Gasteiger charge is -2.39. The number of hydrogen-bond donors (Lipinski definition) is 2. The van der Waals surface area contributed by atoms with Crippen LogP contribution in [0.3, 0.4) is 0 Å². The molecule has 33 heavy (non-hydrogen) atoms. The van der Waals surface area contributed by atoms with Crippen molar-refractivity contribution in [3.8, 4) is 23.0 Å². The largest absolute Gasteiger partial charge is 0.393 e. The number of aliphatic hydroxyl groups is 2. The second-order valence-corrected chi connectivity index (χ2v) is 9.46. The maximum absolute atomic E-state index is 10.4. The Hall–Kier alpha value is -2.76. The van der Waals surface area contributed by atoms with Gasteiger partial charge in [-0.2, -0.15) is 5.26 Å². The van der Waals surface area contributed by atoms with Crippen LogP contribution < -0.4 is 0 Å². The summed E-state index contributed by atoms with van der Waals surface area (Å²) < 4.78 is 1.70. The average Bonchev–Trinajstić information content (AvgIpc) is 3.30. The van der Waals surface area contributed by atoms with Gasteiger partial charge in [0.05, 0.1) is 35.7 Å². The highest BCUT2D eigenvalue weighted by molar-refractivity contribution is 6.31. The van der Waals surface area contributed by atoms with E-state index >= 15 is 0 Å². The van der Waals surface area contributed by atoms with Gasteiger partial charge in [-0.1, -0.05) is 28.9 Å². The van der Waals surface area contributed by atoms with Gasteiger partial charge >= 0.3 is 0 Å². The summed E-state index contributed by atoms with van der Waals surface area (Å²) in [7, 11) is 0. The number of likely N-dealkylation sites (tertiary alicyclic amines) is 1. The van der Waals surface area contributed by atoms with Gasteiger partial charge in [-0.15, -0.1) is 5.10 Å². The number of aromatic nitrogens is 3. The molecule has 1 saturated heterocycles. The fourth-order valence-corrected chi connectivity index (χ4v) is 4.65. The summed E-state index contributed by atoms with van der Waals surface area (Å²) in [5, 5.41) is 38.2. The number of hydrogen-bond acceptors (Lipinski definition) is 6. The predicted octanol–water partition coefficient (Wildman–Crippen LogP) is 3.72. The van der Waals surface area contributed by atoms with Crippen LogP contribution in [0, 0.1) is 24.2 Å². The standard InChI is InChI=1S/C25H28ClN5O2/c1-17-10-18(12-27)5-8-24(17)31-15-23(28-29-31)19-6-7-20(22(26)11-19)13-30-9-3-4-21(14-30)25(2,33)16-32/h5-8,10-11,15,21,32-33H,3-4,9,13-14,16H2,1-2H3/t21-,25+/m0/s1. The third-order valence-corrected chi connectivity index (χ3v) is 6.87. The van der Waals surface area contributed by atoms with Gasteiger partial charge < -0.3 is 10.2 Å². The van der Waals surface area contributed by atoms with Gasteiger partial charge in [0.25, 0.3) is 0 Å². The van der Waals surface area contributed by atoms with Gasteiger partial charge in [0.2, 0.25) is 0 Å². The smallest absolute Gasteiger partial charge is 0.113 e. The van der Waals surface area contributed by atoms with Crippen LogP contribution in [0.4, 0.5) is 0 Å². The highest BCUT2D eigenvalue weighted by Gasteiger charge is 2.34. The summed E-state index contributed by atoms with van der Waals surface area (Å²) in [6, 6.07) is 13.5. The van der Waals surface area contributed by atoms with Crippen LogP contribution in [0.25, 0.3) is 16.9 Å². The Bertz CT molecular complexity index is 1180. The molecule has 0 spiro atoms. The van der Waals surface area contributed by atoms with Gasteiger partial charge in [-0.05, 0) is 68.6 Å². The summed E-state index contributed by atoms with van der Waals surface area (Å²) in [6.45, 7) is 5.76. The van der Waals surface area contributed by atoms with Crippen LogP contribution in [0.5, 0.6) is 0 Å². The van der Waals surface area contributed by atoms with E-state index in [1.807, 2.05) is 43.5 Å². The van der Waals surface area contributed by atoms with Crippen molar-refractivity contribution >= 4 is 11.6 Å². The van der Waals surface area contributed by atoms with E-state index in [-0.39, 0.29) is 12.5 Å². The molecule has 0 bridgehead atoms. The first-order valence-corrected chi connectivity index (χ1v) is 11.5. The average molecular weight is 466 g/mol. The van der Waals surface area contributed by atoms with Crippen molar-refractivity contribution in [3.05, 3.63) is 64.3 Å². The van der Waals surface area contributed by atoms with E-state index in [2.05, 4.69) is 21.3 Å². The maximum Gasteiger partial charge on any atom is 0.113 e.